The van der Waals surface area contributed by atoms with Crippen molar-refractivity contribution < 1.29 is 10.2 Å². The summed E-state index contributed by atoms with van der Waals surface area (Å²) in [7, 11) is 0. The van der Waals surface area contributed by atoms with Crippen LogP contribution in [0.25, 0.3) is 0 Å². The SMILES string of the molecule is CCC(C)(C)C.CS.Cc1c2c(nc(C(C)C)c1C(O)c1ccc(C(C)C)cc1)CC(C)(C)CC2O. The number of hydrogen-bond acceptors (Lipinski definition) is 4. The number of aliphatic hydroxyl groups excluding tert-OH is 2. The number of aliphatic hydroxyl groups is 2. The van der Waals surface area contributed by atoms with Crippen LogP contribution in [0.1, 0.15) is 145 Å². The number of rotatable bonds is 4. The first-order valence-electron chi connectivity index (χ1n) is 13.5. The molecule has 0 radical (unpaired) electrons. The molecule has 1 heterocycles. The van der Waals surface area contributed by atoms with Gasteiger partial charge in [-0.2, -0.15) is 12.6 Å². The highest BCUT2D eigenvalue weighted by molar-refractivity contribution is 7.79. The van der Waals surface area contributed by atoms with E-state index in [0.717, 1.165) is 46.5 Å². The van der Waals surface area contributed by atoms with Crippen molar-refractivity contribution >= 4 is 12.6 Å². The minimum absolute atomic E-state index is 0.0346. The van der Waals surface area contributed by atoms with Crippen LogP contribution >= 0.6 is 12.6 Å². The number of fused-ring (bicyclic) bond motifs is 1. The predicted octanol–water partition coefficient (Wildman–Crippen LogP) is 8.71. The van der Waals surface area contributed by atoms with Crippen molar-refractivity contribution in [2.75, 3.05) is 6.26 Å². The van der Waals surface area contributed by atoms with Crippen molar-refractivity contribution in [1.82, 2.24) is 4.98 Å². The first kappa shape index (κ1) is 32.7. The third-order valence-electron chi connectivity index (χ3n) is 7.18. The lowest BCUT2D eigenvalue weighted by Crippen LogP contribution is -2.29. The molecule has 0 fully saturated rings. The fourth-order valence-electron chi connectivity index (χ4n) is 4.56. The van der Waals surface area contributed by atoms with E-state index in [2.05, 4.69) is 94.0 Å². The van der Waals surface area contributed by atoms with E-state index in [4.69, 9.17) is 4.98 Å². The van der Waals surface area contributed by atoms with Gasteiger partial charge < -0.3 is 10.2 Å². The Balaban J connectivity index is 0.000000710. The van der Waals surface area contributed by atoms with Gasteiger partial charge in [0.1, 0.15) is 6.10 Å². The van der Waals surface area contributed by atoms with Crippen molar-refractivity contribution in [2.24, 2.45) is 10.8 Å². The second-order valence-electron chi connectivity index (χ2n) is 12.7. The molecule has 0 bridgehead atoms. The molecule has 1 aromatic heterocycles. The minimum Gasteiger partial charge on any atom is -0.388 e. The van der Waals surface area contributed by atoms with Gasteiger partial charge in [-0.3, -0.25) is 4.98 Å². The van der Waals surface area contributed by atoms with Crippen LogP contribution in [-0.4, -0.2) is 21.5 Å². The first-order chi connectivity index (χ1) is 16.6. The summed E-state index contributed by atoms with van der Waals surface area (Å²) in [5.74, 6) is 0.661. The van der Waals surface area contributed by atoms with E-state index in [9.17, 15) is 10.2 Å². The summed E-state index contributed by atoms with van der Waals surface area (Å²) >= 11 is 3.53. The normalized spacial score (nSPS) is 17.5. The van der Waals surface area contributed by atoms with Crippen molar-refractivity contribution in [3.05, 3.63) is 63.5 Å². The van der Waals surface area contributed by atoms with Crippen LogP contribution in [0.2, 0.25) is 0 Å². The lowest BCUT2D eigenvalue weighted by molar-refractivity contribution is 0.0968. The summed E-state index contributed by atoms with van der Waals surface area (Å²) < 4.78 is 0. The maximum absolute atomic E-state index is 11.3. The van der Waals surface area contributed by atoms with Gasteiger partial charge in [0, 0.05) is 22.5 Å². The van der Waals surface area contributed by atoms with Gasteiger partial charge in [-0.1, -0.05) is 99.9 Å². The topological polar surface area (TPSA) is 53.4 Å². The van der Waals surface area contributed by atoms with Crippen LogP contribution in [-0.2, 0) is 6.42 Å². The van der Waals surface area contributed by atoms with Gasteiger partial charge in [-0.15, -0.1) is 0 Å². The monoisotopic (exact) mass is 515 g/mol. The van der Waals surface area contributed by atoms with Gasteiger partial charge >= 0.3 is 0 Å². The van der Waals surface area contributed by atoms with Gasteiger partial charge in [0.15, 0.2) is 0 Å². The molecule has 0 saturated heterocycles. The zero-order chi connectivity index (χ0) is 28.0. The zero-order valence-corrected chi connectivity index (χ0v) is 25.9. The maximum Gasteiger partial charge on any atom is 0.106 e. The van der Waals surface area contributed by atoms with Gasteiger partial charge in [-0.25, -0.2) is 0 Å². The Morgan fingerprint density at radius 1 is 1.00 bits per heavy atom. The summed E-state index contributed by atoms with van der Waals surface area (Å²) in [5.41, 5.74) is 7.45. The van der Waals surface area contributed by atoms with E-state index in [0.29, 0.717) is 11.3 Å². The quantitative estimate of drug-likeness (QED) is 0.357. The van der Waals surface area contributed by atoms with Gasteiger partial charge in [0.2, 0.25) is 0 Å². The van der Waals surface area contributed by atoms with Crippen LogP contribution < -0.4 is 0 Å². The smallest absolute Gasteiger partial charge is 0.106 e. The molecule has 0 amide bonds. The first-order valence-corrected chi connectivity index (χ1v) is 14.4. The molecule has 204 valence electrons. The van der Waals surface area contributed by atoms with Crippen LogP contribution in [0.15, 0.2) is 24.3 Å². The van der Waals surface area contributed by atoms with Crippen LogP contribution in [0.4, 0.5) is 0 Å². The number of thiol groups is 1. The van der Waals surface area contributed by atoms with Gasteiger partial charge in [0.25, 0.3) is 0 Å². The average molecular weight is 516 g/mol. The highest BCUT2D eigenvalue weighted by Crippen LogP contribution is 2.44. The zero-order valence-electron chi connectivity index (χ0n) is 25.0. The molecule has 1 aliphatic rings. The molecule has 0 spiro atoms. The Bertz CT molecular complexity index is 956. The molecular formula is C32H53NO2S. The van der Waals surface area contributed by atoms with Gasteiger partial charge in [0.05, 0.1) is 6.10 Å². The Hall–Kier alpha value is -1.36. The standard InChI is InChI=1S/C25H35NO2.C6H14.CH4S/c1-14(2)17-8-10-18(11-9-17)24(28)22-16(5)21-19(26-23(22)15(3)4)12-25(6,7)13-20(21)27;1-5-6(2,3)4;1-2/h8-11,14-15,20,24,27-28H,12-13H2,1-7H3;5H2,1-4H3;2H,1H3. The van der Waals surface area contributed by atoms with E-state index >= 15 is 0 Å². The molecular weight excluding hydrogens is 462 g/mol. The molecule has 36 heavy (non-hydrogen) atoms. The molecule has 2 atom stereocenters. The predicted molar refractivity (Wildman–Crippen MR) is 159 cm³/mol. The minimum atomic E-state index is -0.737. The maximum atomic E-state index is 11.3. The Labute approximate surface area is 227 Å². The van der Waals surface area contributed by atoms with Crippen molar-refractivity contribution in [2.45, 2.75) is 119 Å². The molecule has 1 aliphatic carbocycles. The molecule has 2 N–H and O–H groups in total. The molecule has 0 aliphatic heterocycles. The third-order valence-corrected chi connectivity index (χ3v) is 7.18. The summed E-state index contributed by atoms with van der Waals surface area (Å²) in [5, 5.41) is 22.2. The molecule has 0 saturated carbocycles. The van der Waals surface area contributed by atoms with Crippen LogP contribution in [0.3, 0.4) is 0 Å². The van der Waals surface area contributed by atoms with E-state index in [1.165, 1.54) is 12.0 Å². The fraction of sp³-hybridized carbons (Fsp3) is 0.656. The second kappa shape index (κ2) is 13.4. The highest BCUT2D eigenvalue weighted by atomic mass is 32.1. The van der Waals surface area contributed by atoms with E-state index in [1.807, 2.05) is 19.1 Å². The summed E-state index contributed by atoms with van der Waals surface area (Å²) in [6, 6.07) is 8.22. The molecule has 2 aromatic rings. The average Bonchev–Trinajstić information content (AvgIpc) is 2.78. The third kappa shape index (κ3) is 8.60. The van der Waals surface area contributed by atoms with Crippen molar-refractivity contribution in [3.63, 3.8) is 0 Å². The molecule has 1 aromatic carbocycles. The number of aromatic nitrogens is 1. The Morgan fingerprint density at radius 3 is 1.89 bits per heavy atom. The second-order valence-corrected chi connectivity index (χ2v) is 12.7. The Kier molecular flexibility index (Phi) is 12.2. The van der Waals surface area contributed by atoms with Crippen molar-refractivity contribution in [3.8, 4) is 0 Å². The molecule has 3 nitrogen and oxygen atoms in total. The Morgan fingerprint density at radius 2 is 1.47 bits per heavy atom. The number of pyridine rings is 1. The molecule has 2 unspecified atom stereocenters. The summed E-state index contributed by atoms with van der Waals surface area (Å²) in [6.07, 6.45) is 3.29. The van der Waals surface area contributed by atoms with Gasteiger partial charge in [-0.05, 0) is 65.4 Å². The number of hydrogen-bond donors (Lipinski definition) is 3. The lowest BCUT2D eigenvalue weighted by atomic mass is 9.72. The number of benzene rings is 1. The van der Waals surface area contributed by atoms with Crippen LogP contribution in [0.5, 0.6) is 0 Å². The molecule has 4 heteroatoms. The highest BCUT2D eigenvalue weighted by Gasteiger charge is 2.36. The van der Waals surface area contributed by atoms with Crippen molar-refractivity contribution in [1.29, 1.82) is 0 Å². The lowest BCUT2D eigenvalue weighted by Gasteiger charge is -2.36. The van der Waals surface area contributed by atoms with E-state index in [-0.39, 0.29) is 11.3 Å². The largest absolute Gasteiger partial charge is 0.388 e. The van der Waals surface area contributed by atoms with E-state index in [1.54, 1.807) is 6.26 Å². The van der Waals surface area contributed by atoms with E-state index < -0.39 is 12.2 Å². The summed E-state index contributed by atoms with van der Waals surface area (Å²) in [6.45, 7) is 23.9. The summed E-state index contributed by atoms with van der Waals surface area (Å²) in [4.78, 5) is 4.99. The molecule has 3 rings (SSSR count). The number of nitrogens with zero attached hydrogens (tertiary/aromatic N) is 1. The fourth-order valence-corrected chi connectivity index (χ4v) is 4.56. The van der Waals surface area contributed by atoms with Crippen LogP contribution in [0, 0.1) is 17.8 Å².